The molecule has 0 amide bonds. The Kier molecular flexibility index (Phi) is 15.6. The van der Waals surface area contributed by atoms with Crippen molar-refractivity contribution >= 4 is 175 Å². The second-order valence-corrected chi connectivity index (χ2v) is 32.1. The number of benzene rings is 21. The van der Waals surface area contributed by atoms with Gasteiger partial charge in [-0.3, -0.25) is 0 Å². The summed E-state index contributed by atoms with van der Waals surface area (Å²) >= 11 is 0. The van der Waals surface area contributed by atoms with Gasteiger partial charge in [-0.25, -0.2) is 0 Å². The van der Waals surface area contributed by atoms with E-state index in [1.807, 2.05) is 0 Å². The van der Waals surface area contributed by atoms with Crippen LogP contribution in [0, 0.1) is 0 Å². The SMILES string of the molecule is c1cc(-c2ccccc2-n2c3ccccc3c3ccccc32)cc(N(c2ccc3c4ccccc4c4ccccc4c3c2)c2ccccc2-c2cccc3c2oc2cc(-c4ccc5c(N(c6cccc(-c7ccccc7-n7c8ccccc8c8ccccc87)c6)c6ccccc6-c6cccc7c6oc6ccccc67)cc6ccccc6c5c4)ccc23)c1. The Balaban J connectivity index is 0.644. The minimum atomic E-state index is 0.808. The fourth-order valence-corrected chi connectivity index (χ4v) is 20.1. The summed E-state index contributed by atoms with van der Waals surface area (Å²) in [7, 11) is 0. The second kappa shape index (κ2) is 27.7. The third kappa shape index (κ3) is 10.8. The van der Waals surface area contributed by atoms with Crippen LogP contribution in [0.25, 0.3) is 208 Å². The summed E-state index contributed by atoms with van der Waals surface area (Å²) in [6, 6.07) is 160. The minimum Gasteiger partial charge on any atom is -0.455 e. The van der Waals surface area contributed by atoms with Crippen LogP contribution in [-0.2, 0) is 0 Å². The van der Waals surface area contributed by atoms with Crippen LogP contribution in [0.4, 0.5) is 34.1 Å². The van der Waals surface area contributed by atoms with Crippen LogP contribution in [0.1, 0.15) is 0 Å². The van der Waals surface area contributed by atoms with Crippen molar-refractivity contribution in [3.05, 3.63) is 437 Å². The topological polar surface area (TPSA) is 42.6 Å². The number of fused-ring (bicyclic) bond motifs is 21. The van der Waals surface area contributed by atoms with Crippen molar-refractivity contribution in [3.8, 4) is 67.0 Å². The van der Waals surface area contributed by atoms with Gasteiger partial charge < -0.3 is 27.8 Å². The molecule has 0 unspecified atom stereocenters. The van der Waals surface area contributed by atoms with Crippen LogP contribution < -0.4 is 9.80 Å². The van der Waals surface area contributed by atoms with E-state index in [1.165, 1.54) is 64.9 Å². The molecule has 6 heteroatoms. The Bertz CT molecular complexity index is 8510. The normalized spacial score (nSPS) is 11.9. The average molecular weight is 1550 g/mol. The van der Waals surface area contributed by atoms with Crippen LogP contribution in [0.15, 0.2) is 446 Å². The lowest BCUT2D eigenvalue weighted by molar-refractivity contribution is 0.669. The molecule has 0 N–H and O–H groups in total. The molecule has 0 bridgehead atoms. The van der Waals surface area contributed by atoms with Crippen molar-refractivity contribution in [3.63, 3.8) is 0 Å². The monoisotopic (exact) mass is 1550 g/mol. The quantitative estimate of drug-likeness (QED) is 0.108. The maximum Gasteiger partial charge on any atom is 0.143 e. The molecule has 0 atom stereocenters. The number of furan rings is 2. The summed E-state index contributed by atoms with van der Waals surface area (Å²) in [6.07, 6.45) is 0. The molecule has 0 saturated heterocycles. The molecule has 6 nitrogen and oxygen atoms in total. The van der Waals surface area contributed by atoms with Gasteiger partial charge in [-0.2, -0.15) is 0 Å². The van der Waals surface area contributed by atoms with E-state index >= 15 is 0 Å². The largest absolute Gasteiger partial charge is 0.455 e. The average Bonchev–Trinajstić information content (AvgIpc) is 1.42. The molecule has 25 aromatic rings. The van der Waals surface area contributed by atoms with E-state index in [-0.39, 0.29) is 0 Å². The van der Waals surface area contributed by atoms with Crippen LogP contribution >= 0.6 is 0 Å². The second-order valence-electron chi connectivity index (χ2n) is 32.1. The highest BCUT2D eigenvalue weighted by Gasteiger charge is 2.28. The van der Waals surface area contributed by atoms with Gasteiger partial charge in [-0.1, -0.05) is 322 Å². The van der Waals surface area contributed by atoms with E-state index in [1.54, 1.807) is 0 Å². The first-order valence-electron chi connectivity index (χ1n) is 41.9. The number of hydrogen-bond acceptors (Lipinski definition) is 4. The first-order valence-corrected chi connectivity index (χ1v) is 41.9. The van der Waals surface area contributed by atoms with E-state index in [0.717, 1.165) is 178 Å². The molecular formula is C116H72N4O2. The maximum atomic E-state index is 7.45. The maximum absolute atomic E-state index is 7.45. The highest BCUT2D eigenvalue weighted by Crippen LogP contribution is 2.52. The van der Waals surface area contributed by atoms with Gasteiger partial charge in [0.1, 0.15) is 22.3 Å². The lowest BCUT2D eigenvalue weighted by Gasteiger charge is -2.30. The first-order chi connectivity index (χ1) is 60.5. The van der Waals surface area contributed by atoms with Crippen LogP contribution in [-0.4, -0.2) is 9.13 Å². The summed E-state index contributed by atoms with van der Waals surface area (Å²) in [6.45, 7) is 0. The summed E-state index contributed by atoms with van der Waals surface area (Å²) in [4.78, 5) is 4.95. The molecule has 21 aromatic carbocycles. The molecular weight excluding hydrogens is 1480 g/mol. The van der Waals surface area contributed by atoms with Crippen molar-refractivity contribution in [2.45, 2.75) is 0 Å². The van der Waals surface area contributed by atoms with E-state index in [9.17, 15) is 0 Å². The number of rotatable bonds is 13. The standard InChI is InChI=1S/C116H72N4O2/c1-2-34-81-77(29-1)70-112(118(107-55-19-14-46-94(107)99-49-27-50-100-96-47-15-24-60-113(96)121-115(99)100)79-33-26-31-76(68-79)83-36-8-17-53-105(83)120-110-58-22-11-43-91(110)92-44-12-23-59-111(92)120)95-64-61-73(69-102(81)95)74-62-65-97-101-51-28-48-98(116(101)122-114(97)71-74)93-45-13-18-54-106(93)117(80-63-66-88-86-39-4-3-37-84(86)85-38-5-6-40-87(85)103(88)72-80)78-32-25-30-75(67-78)82-35-7-16-52-104(82)119-108-56-20-9-41-89(108)90-42-10-21-57-109(90)119/h1-72H. The van der Waals surface area contributed by atoms with Gasteiger partial charge in [0.2, 0.25) is 0 Å². The zero-order valence-electron chi connectivity index (χ0n) is 66.2. The molecule has 0 spiro atoms. The molecule has 0 fully saturated rings. The molecule has 25 rings (SSSR count). The van der Waals surface area contributed by atoms with E-state index in [4.69, 9.17) is 8.83 Å². The third-order valence-electron chi connectivity index (χ3n) is 25.5. The van der Waals surface area contributed by atoms with E-state index < -0.39 is 0 Å². The number of para-hydroxylation sites is 11. The van der Waals surface area contributed by atoms with Gasteiger partial charge in [-0.05, 0) is 186 Å². The zero-order chi connectivity index (χ0) is 80.0. The van der Waals surface area contributed by atoms with Crippen LogP contribution in [0.2, 0.25) is 0 Å². The predicted molar refractivity (Wildman–Crippen MR) is 514 cm³/mol. The van der Waals surface area contributed by atoms with Gasteiger partial charge in [0.15, 0.2) is 0 Å². The van der Waals surface area contributed by atoms with Crippen LogP contribution in [0.5, 0.6) is 0 Å². The molecule has 0 radical (unpaired) electrons. The van der Waals surface area contributed by atoms with Gasteiger partial charge in [0, 0.05) is 98.9 Å². The summed E-state index contributed by atoms with van der Waals surface area (Å²) in [5, 5.41) is 21.0. The highest BCUT2D eigenvalue weighted by molar-refractivity contribution is 6.26. The van der Waals surface area contributed by atoms with E-state index in [0.29, 0.717) is 0 Å². The molecule has 0 aliphatic carbocycles. The summed E-state index contributed by atoms with van der Waals surface area (Å²) < 4.78 is 19.2. The molecule has 0 aliphatic rings. The highest BCUT2D eigenvalue weighted by atomic mass is 16.3. The lowest BCUT2D eigenvalue weighted by Crippen LogP contribution is -2.12. The summed E-state index contributed by atoms with van der Waals surface area (Å²) in [5.74, 6) is 0. The Morgan fingerprint density at radius 3 is 1.09 bits per heavy atom. The van der Waals surface area contributed by atoms with E-state index in [2.05, 4.69) is 456 Å². The van der Waals surface area contributed by atoms with Gasteiger partial charge >= 0.3 is 0 Å². The predicted octanol–water partition coefficient (Wildman–Crippen LogP) is 32.7. The Morgan fingerprint density at radius 2 is 0.533 bits per heavy atom. The molecule has 0 saturated carbocycles. The Morgan fingerprint density at radius 1 is 0.172 bits per heavy atom. The fourth-order valence-electron chi connectivity index (χ4n) is 20.1. The van der Waals surface area contributed by atoms with Crippen molar-refractivity contribution < 1.29 is 8.83 Å². The van der Waals surface area contributed by atoms with Gasteiger partial charge in [0.25, 0.3) is 0 Å². The molecule has 0 aliphatic heterocycles. The van der Waals surface area contributed by atoms with Crippen molar-refractivity contribution in [2.24, 2.45) is 0 Å². The van der Waals surface area contributed by atoms with Crippen molar-refractivity contribution in [1.29, 1.82) is 0 Å². The van der Waals surface area contributed by atoms with Gasteiger partial charge in [0.05, 0.1) is 50.5 Å². The Labute approximate surface area is 702 Å². The molecule has 568 valence electrons. The summed E-state index contributed by atoms with van der Waals surface area (Å²) in [5.41, 5.74) is 27.0. The molecule has 4 aromatic heterocycles. The van der Waals surface area contributed by atoms with Crippen molar-refractivity contribution in [2.75, 3.05) is 9.80 Å². The van der Waals surface area contributed by atoms with Crippen molar-refractivity contribution in [1.82, 2.24) is 9.13 Å². The molecule has 4 heterocycles. The number of anilines is 6. The third-order valence-corrected chi connectivity index (χ3v) is 25.5. The van der Waals surface area contributed by atoms with Gasteiger partial charge in [-0.15, -0.1) is 0 Å². The van der Waals surface area contributed by atoms with Crippen LogP contribution in [0.3, 0.4) is 0 Å². The number of hydrogen-bond donors (Lipinski definition) is 0. The smallest absolute Gasteiger partial charge is 0.143 e. The molecule has 122 heavy (non-hydrogen) atoms. The first kappa shape index (κ1) is 68.9. The lowest BCUT2D eigenvalue weighted by atomic mass is 9.93. The minimum absolute atomic E-state index is 0.808. The number of aromatic nitrogens is 2. The zero-order valence-corrected chi connectivity index (χ0v) is 66.2. The fraction of sp³-hybridized carbons (Fsp3) is 0. The number of nitrogens with zero attached hydrogens (tertiary/aromatic N) is 4. The Hall–Kier alpha value is -16.3.